The second-order valence-electron chi connectivity index (χ2n) is 6.39. The maximum absolute atomic E-state index is 12.3. The van der Waals surface area contributed by atoms with Crippen molar-refractivity contribution < 1.29 is 14.5 Å². The Balaban J connectivity index is 2.05. The Morgan fingerprint density at radius 2 is 2.08 bits per heavy atom. The average Bonchev–Trinajstić information content (AvgIpc) is 3.13. The number of imidazole rings is 1. The first-order valence-electron chi connectivity index (χ1n) is 8.69. The molecule has 0 aliphatic heterocycles. The number of rotatable bonds is 4. The lowest BCUT2D eigenvalue weighted by Gasteiger charge is -2.21. The Morgan fingerprint density at radius 3 is 2.69 bits per heavy atom. The summed E-state index contributed by atoms with van der Waals surface area (Å²) in [6.07, 6.45) is 7.08. The second-order valence-corrected chi connectivity index (χ2v) is 6.39. The highest BCUT2D eigenvalue weighted by molar-refractivity contribution is 5.79. The van der Waals surface area contributed by atoms with E-state index in [0.29, 0.717) is 11.3 Å². The van der Waals surface area contributed by atoms with Gasteiger partial charge in [-0.2, -0.15) is 0 Å². The lowest BCUT2D eigenvalue weighted by atomic mass is 9.88. The summed E-state index contributed by atoms with van der Waals surface area (Å²) in [7, 11) is 2.97. The Hall–Kier alpha value is -2.90. The summed E-state index contributed by atoms with van der Waals surface area (Å²) in [6, 6.07) is 4.44. The average molecular weight is 358 g/mol. The monoisotopic (exact) mass is 358 g/mol. The van der Waals surface area contributed by atoms with Gasteiger partial charge in [0.2, 0.25) is 0 Å². The fourth-order valence-electron chi connectivity index (χ4n) is 3.46. The molecule has 138 valence electrons. The van der Waals surface area contributed by atoms with Gasteiger partial charge in [-0.05, 0) is 25.0 Å². The minimum Gasteiger partial charge on any atom is -0.490 e. The molecule has 0 atom stereocenters. The van der Waals surface area contributed by atoms with Gasteiger partial charge in [-0.25, -0.2) is 9.78 Å². The van der Waals surface area contributed by atoms with Crippen LogP contribution in [0.5, 0.6) is 5.75 Å². The highest BCUT2D eigenvalue weighted by Gasteiger charge is 2.25. The summed E-state index contributed by atoms with van der Waals surface area (Å²) < 4.78 is 6.57. The van der Waals surface area contributed by atoms with Crippen molar-refractivity contribution in [2.75, 3.05) is 14.2 Å². The zero-order chi connectivity index (χ0) is 18.7. The molecular weight excluding hydrogens is 336 g/mol. The van der Waals surface area contributed by atoms with Gasteiger partial charge < -0.3 is 10.1 Å². The van der Waals surface area contributed by atoms with E-state index in [4.69, 9.17) is 4.74 Å². The van der Waals surface area contributed by atoms with Crippen LogP contribution in [0.1, 0.15) is 43.8 Å². The van der Waals surface area contributed by atoms with Gasteiger partial charge in [0, 0.05) is 30.8 Å². The van der Waals surface area contributed by atoms with Crippen LogP contribution in [0.3, 0.4) is 0 Å². The van der Waals surface area contributed by atoms with Crippen LogP contribution in [0.2, 0.25) is 0 Å². The van der Waals surface area contributed by atoms with Crippen LogP contribution in [0.15, 0.2) is 24.4 Å². The third-order valence-corrected chi connectivity index (χ3v) is 4.81. The van der Waals surface area contributed by atoms with E-state index >= 15 is 0 Å². The van der Waals surface area contributed by atoms with E-state index in [0.717, 1.165) is 31.5 Å². The summed E-state index contributed by atoms with van der Waals surface area (Å²) >= 11 is 0. The van der Waals surface area contributed by atoms with Gasteiger partial charge in [-0.1, -0.05) is 19.3 Å². The SMILES string of the molecule is CNC(=O)n1cc(-c2ccc(OC)c([N+](=O)[O-])c2)nc1C1CCCCC1. The molecule has 1 aliphatic carbocycles. The first-order chi connectivity index (χ1) is 12.5. The molecule has 1 amide bonds. The Kier molecular flexibility index (Phi) is 5.20. The molecule has 8 heteroatoms. The van der Waals surface area contributed by atoms with Crippen LogP contribution in [0.25, 0.3) is 11.3 Å². The molecule has 1 aliphatic rings. The number of amides is 1. The largest absolute Gasteiger partial charge is 0.490 e. The Bertz CT molecular complexity index is 825. The summed E-state index contributed by atoms with van der Waals surface area (Å²) in [5.74, 6) is 1.14. The van der Waals surface area contributed by atoms with Crippen LogP contribution < -0.4 is 10.1 Å². The number of nitrogens with one attached hydrogen (secondary N) is 1. The normalized spacial score (nSPS) is 14.8. The van der Waals surface area contributed by atoms with E-state index in [-0.39, 0.29) is 23.4 Å². The van der Waals surface area contributed by atoms with Crippen molar-refractivity contribution >= 4 is 11.7 Å². The molecule has 1 N–H and O–H groups in total. The van der Waals surface area contributed by atoms with Crippen molar-refractivity contribution in [3.63, 3.8) is 0 Å². The Labute approximate surface area is 151 Å². The molecule has 0 radical (unpaired) electrons. The summed E-state index contributed by atoms with van der Waals surface area (Å²) in [6.45, 7) is 0. The van der Waals surface area contributed by atoms with E-state index in [9.17, 15) is 14.9 Å². The predicted octanol–water partition coefficient (Wildman–Crippen LogP) is 3.70. The van der Waals surface area contributed by atoms with Crippen LogP contribution in [0, 0.1) is 10.1 Å². The van der Waals surface area contributed by atoms with Gasteiger partial charge in [-0.15, -0.1) is 0 Å². The molecule has 1 aromatic heterocycles. The number of nitro groups is 1. The second kappa shape index (κ2) is 7.55. The molecule has 0 spiro atoms. The lowest BCUT2D eigenvalue weighted by molar-refractivity contribution is -0.385. The number of nitro benzene ring substituents is 1. The predicted molar refractivity (Wildman–Crippen MR) is 96.5 cm³/mol. The number of carbonyl (C=O) groups excluding carboxylic acids is 1. The minimum absolute atomic E-state index is 0.126. The van der Waals surface area contributed by atoms with Crippen molar-refractivity contribution in [1.82, 2.24) is 14.9 Å². The number of methoxy groups -OCH3 is 1. The highest BCUT2D eigenvalue weighted by Crippen LogP contribution is 2.35. The standard InChI is InChI=1S/C18H22N4O4/c1-19-18(23)21-11-14(20-17(21)12-6-4-3-5-7-12)13-8-9-16(26-2)15(10-13)22(24)25/h8-12H,3-7H2,1-2H3,(H,19,23). The molecule has 2 aromatic rings. The maximum atomic E-state index is 12.3. The molecule has 0 unspecified atom stereocenters. The fraction of sp³-hybridized carbons (Fsp3) is 0.444. The minimum atomic E-state index is -0.486. The summed E-state index contributed by atoms with van der Waals surface area (Å²) in [4.78, 5) is 27.7. The highest BCUT2D eigenvalue weighted by atomic mass is 16.6. The first kappa shape index (κ1) is 17.9. The van der Waals surface area contributed by atoms with Crippen molar-refractivity contribution in [1.29, 1.82) is 0 Å². The van der Waals surface area contributed by atoms with Crippen molar-refractivity contribution in [3.8, 4) is 17.0 Å². The van der Waals surface area contributed by atoms with Gasteiger partial charge in [-0.3, -0.25) is 14.7 Å². The van der Waals surface area contributed by atoms with E-state index in [1.165, 1.54) is 24.2 Å². The third kappa shape index (κ3) is 3.40. The van der Waals surface area contributed by atoms with Crippen LogP contribution in [-0.4, -0.2) is 34.7 Å². The summed E-state index contributed by atoms with van der Waals surface area (Å²) in [5, 5.41) is 13.9. The maximum Gasteiger partial charge on any atom is 0.326 e. The topological polar surface area (TPSA) is 99.3 Å². The molecule has 0 bridgehead atoms. The Morgan fingerprint density at radius 1 is 1.35 bits per heavy atom. The smallest absolute Gasteiger partial charge is 0.326 e. The number of carbonyl (C=O) groups is 1. The van der Waals surface area contributed by atoms with Crippen molar-refractivity contribution in [2.45, 2.75) is 38.0 Å². The molecule has 0 saturated heterocycles. The number of aromatic nitrogens is 2. The van der Waals surface area contributed by atoms with Crippen LogP contribution in [0.4, 0.5) is 10.5 Å². The molecule has 1 heterocycles. The number of benzene rings is 1. The molecular formula is C18H22N4O4. The van der Waals surface area contributed by atoms with E-state index in [1.54, 1.807) is 25.4 Å². The number of ether oxygens (including phenoxy) is 1. The quantitative estimate of drug-likeness (QED) is 0.663. The van der Waals surface area contributed by atoms with Gasteiger partial charge in [0.25, 0.3) is 0 Å². The van der Waals surface area contributed by atoms with E-state index in [2.05, 4.69) is 10.3 Å². The van der Waals surface area contributed by atoms with E-state index < -0.39 is 4.92 Å². The van der Waals surface area contributed by atoms with E-state index in [1.807, 2.05) is 0 Å². The molecule has 26 heavy (non-hydrogen) atoms. The van der Waals surface area contributed by atoms with Crippen LogP contribution in [-0.2, 0) is 0 Å². The van der Waals surface area contributed by atoms with Gasteiger partial charge in [0.05, 0.1) is 17.7 Å². The molecule has 1 fully saturated rings. The number of nitrogens with zero attached hydrogens (tertiary/aromatic N) is 3. The van der Waals surface area contributed by atoms with Gasteiger partial charge in [0.15, 0.2) is 5.75 Å². The number of hydrogen-bond donors (Lipinski definition) is 1. The molecule has 3 rings (SSSR count). The molecule has 1 aromatic carbocycles. The first-order valence-corrected chi connectivity index (χ1v) is 8.69. The van der Waals surface area contributed by atoms with Crippen LogP contribution >= 0.6 is 0 Å². The van der Waals surface area contributed by atoms with Gasteiger partial charge in [0.1, 0.15) is 5.82 Å². The van der Waals surface area contributed by atoms with Gasteiger partial charge >= 0.3 is 11.7 Å². The molecule has 8 nitrogen and oxygen atoms in total. The zero-order valence-corrected chi connectivity index (χ0v) is 14.9. The zero-order valence-electron chi connectivity index (χ0n) is 14.9. The van der Waals surface area contributed by atoms with Crippen molar-refractivity contribution in [3.05, 3.63) is 40.3 Å². The third-order valence-electron chi connectivity index (χ3n) is 4.81. The number of hydrogen-bond acceptors (Lipinski definition) is 5. The lowest BCUT2D eigenvalue weighted by Crippen LogP contribution is -2.27. The fourth-order valence-corrected chi connectivity index (χ4v) is 3.46. The van der Waals surface area contributed by atoms with Crippen molar-refractivity contribution in [2.24, 2.45) is 0 Å². The molecule has 1 saturated carbocycles. The summed E-state index contributed by atoms with van der Waals surface area (Å²) in [5.41, 5.74) is 0.996.